The third-order valence-electron chi connectivity index (χ3n) is 10.3. The highest BCUT2D eigenvalue weighted by Gasteiger charge is 2.58. The van der Waals surface area contributed by atoms with E-state index in [2.05, 4.69) is 40.7 Å². The Labute approximate surface area is 181 Å². The minimum absolute atomic E-state index is 0.504. The van der Waals surface area contributed by atoms with Crippen molar-refractivity contribution in [1.82, 2.24) is 0 Å². The largest absolute Gasteiger partial charge is 0.176 e. The molecule has 0 amide bonds. The van der Waals surface area contributed by atoms with Gasteiger partial charge in [-0.15, -0.1) is 0 Å². The first-order valence-electron chi connectivity index (χ1n) is 12.6. The van der Waals surface area contributed by atoms with Crippen molar-refractivity contribution >= 4 is 12.6 Å². The Bertz CT molecular complexity index is 591. The second-order valence-electron chi connectivity index (χ2n) is 12.2. The normalized spacial score (nSPS) is 46.5. The SMILES string of the molecule is CC(C)CCCC(C)[C@H]1CC[C@H]2C3CC=C4C[C@@H](S)CC[C@]4(C)[C@H]3CC[C@]12C. The molecule has 3 saturated carbocycles. The van der Waals surface area contributed by atoms with Crippen LogP contribution < -0.4 is 0 Å². The van der Waals surface area contributed by atoms with E-state index < -0.39 is 0 Å². The van der Waals surface area contributed by atoms with Crippen LogP contribution in [0, 0.1) is 46.3 Å². The Morgan fingerprint density at radius 3 is 2.54 bits per heavy atom. The summed E-state index contributed by atoms with van der Waals surface area (Å²) < 4.78 is 0. The van der Waals surface area contributed by atoms with Gasteiger partial charge in [-0.3, -0.25) is 0 Å². The Kier molecular flexibility index (Phi) is 6.07. The molecule has 0 saturated heterocycles. The van der Waals surface area contributed by atoms with Gasteiger partial charge >= 0.3 is 0 Å². The molecule has 28 heavy (non-hydrogen) atoms. The zero-order valence-electron chi connectivity index (χ0n) is 19.3. The van der Waals surface area contributed by atoms with Crippen LogP contribution in [0.1, 0.15) is 105 Å². The quantitative estimate of drug-likeness (QED) is 0.347. The van der Waals surface area contributed by atoms with Gasteiger partial charge in [-0.25, -0.2) is 0 Å². The molecule has 0 radical (unpaired) electrons. The molecule has 0 aliphatic heterocycles. The molecule has 4 rings (SSSR count). The molecule has 2 unspecified atom stereocenters. The summed E-state index contributed by atoms with van der Waals surface area (Å²) in [5.74, 6) is 5.70. The van der Waals surface area contributed by atoms with Crippen molar-refractivity contribution < 1.29 is 0 Å². The van der Waals surface area contributed by atoms with E-state index in [0.29, 0.717) is 16.1 Å². The van der Waals surface area contributed by atoms with Gasteiger partial charge in [-0.2, -0.15) is 12.6 Å². The Balaban J connectivity index is 1.49. The van der Waals surface area contributed by atoms with Crippen molar-refractivity contribution in [3.8, 4) is 0 Å². The smallest absolute Gasteiger partial charge is 0.00545 e. The number of allylic oxidation sites excluding steroid dienone is 2. The molecule has 3 fully saturated rings. The van der Waals surface area contributed by atoms with Crippen LogP contribution in [0.4, 0.5) is 0 Å². The lowest BCUT2D eigenvalue weighted by Crippen LogP contribution is -2.50. The Hall–Kier alpha value is 0.0900. The first-order valence-corrected chi connectivity index (χ1v) is 13.1. The summed E-state index contributed by atoms with van der Waals surface area (Å²) in [7, 11) is 0. The summed E-state index contributed by atoms with van der Waals surface area (Å²) in [6.07, 6.45) is 18.4. The minimum Gasteiger partial charge on any atom is -0.176 e. The third-order valence-corrected chi connectivity index (χ3v) is 10.7. The predicted octanol–water partition coefficient (Wildman–Crippen LogP) is 8.33. The van der Waals surface area contributed by atoms with E-state index in [1.54, 1.807) is 5.57 Å². The lowest BCUT2D eigenvalue weighted by Gasteiger charge is -2.58. The van der Waals surface area contributed by atoms with Crippen molar-refractivity contribution in [3.05, 3.63) is 11.6 Å². The lowest BCUT2D eigenvalue weighted by atomic mass is 9.47. The molecule has 0 aromatic rings. The predicted molar refractivity (Wildman–Crippen MR) is 126 cm³/mol. The van der Waals surface area contributed by atoms with Crippen LogP contribution in [0.25, 0.3) is 0 Å². The van der Waals surface area contributed by atoms with Crippen molar-refractivity contribution in [2.45, 2.75) is 110 Å². The number of fused-ring (bicyclic) bond motifs is 5. The van der Waals surface area contributed by atoms with Crippen molar-refractivity contribution in [2.75, 3.05) is 0 Å². The van der Waals surface area contributed by atoms with E-state index in [1.807, 2.05) is 0 Å². The monoisotopic (exact) mass is 402 g/mol. The van der Waals surface area contributed by atoms with Gasteiger partial charge in [0, 0.05) is 5.25 Å². The molecule has 8 atom stereocenters. The maximum absolute atomic E-state index is 4.84. The summed E-state index contributed by atoms with van der Waals surface area (Å²) in [6, 6.07) is 0. The lowest BCUT2D eigenvalue weighted by molar-refractivity contribution is -0.0497. The van der Waals surface area contributed by atoms with Gasteiger partial charge in [0.15, 0.2) is 0 Å². The van der Waals surface area contributed by atoms with Gasteiger partial charge < -0.3 is 0 Å². The highest BCUT2D eigenvalue weighted by atomic mass is 32.1. The van der Waals surface area contributed by atoms with Gasteiger partial charge in [-0.1, -0.05) is 65.5 Å². The second kappa shape index (κ2) is 7.97. The highest BCUT2D eigenvalue weighted by molar-refractivity contribution is 7.80. The molecule has 0 N–H and O–H groups in total. The number of hydrogen-bond acceptors (Lipinski definition) is 1. The molecular weight excluding hydrogens is 356 g/mol. The van der Waals surface area contributed by atoms with Crippen LogP contribution in [-0.2, 0) is 0 Å². The van der Waals surface area contributed by atoms with E-state index >= 15 is 0 Å². The molecular formula is C27H46S. The van der Waals surface area contributed by atoms with Crippen LogP contribution >= 0.6 is 12.6 Å². The molecule has 160 valence electrons. The topological polar surface area (TPSA) is 0 Å². The highest BCUT2D eigenvalue weighted by Crippen LogP contribution is 2.67. The van der Waals surface area contributed by atoms with Gasteiger partial charge in [0.2, 0.25) is 0 Å². The van der Waals surface area contributed by atoms with Crippen LogP contribution in [0.2, 0.25) is 0 Å². The summed E-state index contributed by atoms with van der Waals surface area (Å²) in [4.78, 5) is 0. The van der Waals surface area contributed by atoms with E-state index in [4.69, 9.17) is 12.6 Å². The van der Waals surface area contributed by atoms with Gasteiger partial charge in [0.1, 0.15) is 0 Å². The first-order chi connectivity index (χ1) is 13.3. The molecule has 0 bridgehead atoms. The number of hydrogen-bond donors (Lipinski definition) is 1. The number of rotatable bonds is 5. The average Bonchev–Trinajstić information content (AvgIpc) is 2.99. The van der Waals surface area contributed by atoms with Gasteiger partial charge in [0.05, 0.1) is 0 Å². The molecule has 0 aromatic heterocycles. The molecule has 4 aliphatic rings. The van der Waals surface area contributed by atoms with E-state index in [9.17, 15) is 0 Å². The maximum atomic E-state index is 4.84. The summed E-state index contributed by atoms with van der Waals surface area (Å²) in [5, 5.41) is 0.618. The van der Waals surface area contributed by atoms with Crippen LogP contribution in [0.15, 0.2) is 11.6 Å². The van der Waals surface area contributed by atoms with E-state index in [1.165, 1.54) is 70.6 Å². The molecule has 0 aromatic carbocycles. The zero-order valence-corrected chi connectivity index (χ0v) is 20.2. The maximum Gasteiger partial charge on any atom is 0.00545 e. The fraction of sp³-hybridized carbons (Fsp3) is 0.926. The molecule has 4 aliphatic carbocycles. The van der Waals surface area contributed by atoms with Gasteiger partial charge in [-0.05, 0) is 97.7 Å². The molecule has 1 heteroatoms. The fourth-order valence-electron chi connectivity index (χ4n) is 8.67. The molecule has 0 spiro atoms. The van der Waals surface area contributed by atoms with E-state index in [0.717, 1.165) is 35.5 Å². The van der Waals surface area contributed by atoms with Crippen molar-refractivity contribution in [3.63, 3.8) is 0 Å². The summed E-state index contributed by atoms with van der Waals surface area (Å²) in [5.41, 5.74) is 2.92. The van der Waals surface area contributed by atoms with Crippen LogP contribution in [0.3, 0.4) is 0 Å². The average molecular weight is 403 g/mol. The Morgan fingerprint density at radius 2 is 1.79 bits per heavy atom. The molecule has 0 nitrogen and oxygen atoms in total. The van der Waals surface area contributed by atoms with Crippen LogP contribution in [0.5, 0.6) is 0 Å². The summed E-state index contributed by atoms with van der Waals surface area (Å²) in [6.45, 7) is 12.7. The summed E-state index contributed by atoms with van der Waals surface area (Å²) >= 11 is 4.84. The van der Waals surface area contributed by atoms with Crippen molar-refractivity contribution in [1.29, 1.82) is 0 Å². The standard InChI is InChI=1S/C27H46S/c1-18(2)7-6-8-19(3)23-11-12-24-22-10-9-20-17-21(28)13-15-26(20,4)25(22)14-16-27(23,24)5/h9,18-19,21-25,28H,6-8,10-17H2,1-5H3/t19?,21-,22?,23+,24-,25-,26-,27+/m0/s1. The van der Waals surface area contributed by atoms with E-state index in [-0.39, 0.29) is 0 Å². The number of thiol groups is 1. The van der Waals surface area contributed by atoms with Gasteiger partial charge in [0.25, 0.3) is 0 Å². The van der Waals surface area contributed by atoms with Crippen LogP contribution in [-0.4, -0.2) is 5.25 Å². The Morgan fingerprint density at radius 1 is 1.00 bits per heavy atom. The first kappa shape index (κ1) is 21.3. The molecule has 0 heterocycles. The minimum atomic E-state index is 0.504. The fourth-order valence-corrected chi connectivity index (χ4v) is 8.99. The second-order valence-corrected chi connectivity index (χ2v) is 12.9. The van der Waals surface area contributed by atoms with Crippen molar-refractivity contribution in [2.24, 2.45) is 46.3 Å². The third kappa shape index (κ3) is 3.54. The zero-order chi connectivity index (χ0) is 20.1.